The molecule has 4 rings (SSSR count). The van der Waals surface area contributed by atoms with Crippen molar-refractivity contribution < 1.29 is 28.6 Å². The lowest BCUT2D eigenvalue weighted by Gasteiger charge is -2.26. The van der Waals surface area contributed by atoms with Gasteiger partial charge in [-0.2, -0.15) is 0 Å². The summed E-state index contributed by atoms with van der Waals surface area (Å²) in [4.78, 5) is 39.4. The van der Waals surface area contributed by atoms with E-state index in [1.807, 2.05) is 38.1 Å². The van der Waals surface area contributed by atoms with Gasteiger partial charge in [-0.3, -0.25) is 14.9 Å². The van der Waals surface area contributed by atoms with Crippen LogP contribution in [0.25, 0.3) is 6.08 Å². The lowest BCUT2D eigenvalue weighted by molar-refractivity contribution is -0.122. The van der Waals surface area contributed by atoms with Crippen LogP contribution in [0.5, 0.6) is 17.2 Å². The van der Waals surface area contributed by atoms with Crippen LogP contribution in [-0.4, -0.2) is 31.1 Å². The Morgan fingerprint density at radius 1 is 0.974 bits per heavy atom. The van der Waals surface area contributed by atoms with Gasteiger partial charge in [-0.1, -0.05) is 52.7 Å². The molecule has 0 radical (unpaired) electrons. The monoisotopic (exact) mass is 612 g/mol. The van der Waals surface area contributed by atoms with Crippen LogP contribution in [0.4, 0.5) is 10.5 Å². The minimum atomic E-state index is -0.840. The number of benzene rings is 3. The molecular weight excluding hydrogens is 588 g/mol. The van der Waals surface area contributed by atoms with E-state index in [2.05, 4.69) is 21.2 Å². The Morgan fingerprint density at radius 3 is 2.41 bits per heavy atom. The number of ether oxygens (including phenoxy) is 3. The molecule has 1 N–H and O–H groups in total. The molecule has 1 fully saturated rings. The number of nitrogens with zero attached hydrogens (tertiary/aromatic N) is 1. The molecule has 0 spiro atoms. The lowest BCUT2D eigenvalue weighted by Crippen LogP contribution is -2.54. The van der Waals surface area contributed by atoms with Crippen LogP contribution < -0.4 is 24.4 Å². The zero-order chi connectivity index (χ0) is 27.9. The molecule has 1 aliphatic heterocycles. The quantitative estimate of drug-likeness (QED) is 0.206. The van der Waals surface area contributed by atoms with Gasteiger partial charge in [0.1, 0.15) is 17.9 Å². The molecule has 0 aliphatic carbocycles. The molecule has 8 nitrogen and oxygen atoms in total. The summed E-state index contributed by atoms with van der Waals surface area (Å²) >= 11 is 10.1. The zero-order valence-electron chi connectivity index (χ0n) is 21.3. The Labute approximate surface area is 239 Å². The third kappa shape index (κ3) is 6.61. The minimum Gasteiger partial charge on any atom is -0.494 e. The Morgan fingerprint density at radius 2 is 1.72 bits per heavy atom. The third-order valence-corrected chi connectivity index (χ3v) is 6.70. The molecule has 1 aliphatic rings. The van der Waals surface area contributed by atoms with Crippen LogP contribution in [0.15, 0.2) is 70.7 Å². The predicted molar refractivity (Wildman–Crippen MR) is 152 cm³/mol. The number of carbonyl (C=O) groups is 3. The normalized spacial score (nSPS) is 14.4. The van der Waals surface area contributed by atoms with E-state index in [1.54, 1.807) is 36.4 Å². The summed E-state index contributed by atoms with van der Waals surface area (Å²) in [6.45, 7) is 4.93. The maximum absolute atomic E-state index is 13.3. The summed E-state index contributed by atoms with van der Waals surface area (Å²) in [6, 6.07) is 16.5. The number of anilines is 1. The SMILES string of the molecule is CCCOc1ccc(N2C(=O)NC(=O)/C(=C/c3cc(Cl)c(OCc4ccccc4Br)c(OCC)c3)C2=O)cc1. The van der Waals surface area contributed by atoms with Crippen LogP contribution in [0.3, 0.4) is 0 Å². The molecule has 0 saturated carbocycles. The van der Waals surface area contributed by atoms with Crippen LogP contribution >= 0.6 is 27.5 Å². The fourth-order valence-corrected chi connectivity index (χ4v) is 4.48. The molecule has 10 heteroatoms. The number of urea groups is 1. The molecule has 39 heavy (non-hydrogen) atoms. The number of barbiturate groups is 1. The van der Waals surface area contributed by atoms with Crippen molar-refractivity contribution in [3.05, 3.63) is 86.9 Å². The minimum absolute atomic E-state index is 0.235. The molecule has 0 unspecified atom stereocenters. The average molecular weight is 614 g/mol. The molecule has 0 atom stereocenters. The molecule has 202 valence electrons. The maximum Gasteiger partial charge on any atom is 0.335 e. The maximum atomic E-state index is 13.3. The molecule has 1 heterocycles. The van der Waals surface area contributed by atoms with Crippen LogP contribution in [-0.2, 0) is 16.2 Å². The lowest BCUT2D eigenvalue weighted by atomic mass is 10.1. The van der Waals surface area contributed by atoms with E-state index < -0.39 is 17.8 Å². The van der Waals surface area contributed by atoms with E-state index in [0.717, 1.165) is 21.4 Å². The van der Waals surface area contributed by atoms with Gasteiger partial charge >= 0.3 is 6.03 Å². The van der Waals surface area contributed by atoms with Gasteiger partial charge in [0.25, 0.3) is 11.8 Å². The van der Waals surface area contributed by atoms with Gasteiger partial charge in [0, 0.05) is 10.0 Å². The fourth-order valence-electron chi connectivity index (χ4n) is 3.81. The number of carbonyl (C=O) groups excluding carboxylic acids is 3. The van der Waals surface area contributed by atoms with Crippen molar-refractivity contribution in [2.75, 3.05) is 18.1 Å². The zero-order valence-corrected chi connectivity index (χ0v) is 23.7. The number of halogens is 2. The van der Waals surface area contributed by atoms with E-state index in [1.165, 1.54) is 6.08 Å². The highest BCUT2D eigenvalue weighted by atomic mass is 79.9. The number of nitrogens with one attached hydrogen (secondary N) is 1. The summed E-state index contributed by atoms with van der Waals surface area (Å²) in [5, 5.41) is 2.46. The summed E-state index contributed by atoms with van der Waals surface area (Å²) in [6.07, 6.45) is 2.21. The van der Waals surface area contributed by atoms with Gasteiger partial charge in [0.15, 0.2) is 11.5 Å². The second-order valence-corrected chi connectivity index (χ2v) is 9.70. The van der Waals surface area contributed by atoms with Crippen molar-refractivity contribution in [2.24, 2.45) is 0 Å². The number of hydrogen-bond donors (Lipinski definition) is 1. The Balaban J connectivity index is 1.62. The van der Waals surface area contributed by atoms with Crippen molar-refractivity contribution in [2.45, 2.75) is 26.9 Å². The van der Waals surface area contributed by atoms with Crippen molar-refractivity contribution in [3.63, 3.8) is 0 Å². The molecule has 3 aromatic rings. The second-order valence-electron chi connectivity index (χ2n) is 8.44. The van der Waals surface area contributed by atoms with Crippen molar-refractivity contribution in [1.29, 1.82) is 0 Å². The van der Waals surface area contributed by atoms with E-state index >= 15 is 0 Å². The first-order valence-corrected chi connectivity index (χ1v) is 13.5. The second kappa shape index (κ2) is 12.8. The van der Waals surface area contributed by atoms with E-state index in [0.29, 0.717) is 41.7 Å². The molecule has 3 aromatic carbocycles. The van der Waals surface area contributed by atoms with Crippen molar-refractivity contribution in [3.8, 4) is 17.2 Å². The van der Waals surface area contributed by atoms with Crippen LogP contribution in [0, 0.1) is 0 Å². The number of hydrogen-bond acceptors (Lipinski definition) is 6. The smallest absolute Gasteiger partial charge is 0.335 e. The first-order valence-electron chi connectivity index (χ1n) is 12.3. The average Bonchev–Trinajstić information content (AvgIpc) is 2.91. The summed E-state index contributed by atoms with van der Waals surface area (Å²) in [7, 11) is 0. The highest BCUT2D eigenvalue weighted by molar-refractivity contribution is 9.10. The van der Waals surface area contributed by atoms with Gasteiger partial charge in [-0.15, -0.1) is 0 Å². The third-order valence-electron chi connectivity index (χ3n) is 5.64. The van der Waals surface area contributed by atoms with Crippen LogP contribution in [0.1, 0.15) is 31.4 Å². The van der Waals surface area contributed by atoms with Gasteiger partial charge in [-0.25, -0.2) is 9.69 Å². The molecule has 0 aromatic heterocycles. The summed E-state index contributed by atoms with van der Waals surface area (Å²) in [5.74, 6) is -0.291. The first-order chi connectivity index (χ1) is 18.8. The highest BCUT2D eigenvalue weighted by Crippen LogP contribution is 2.38. The van der Waals surface area contributed by atoms with Crippen LogP contribution in [0.2, 0.25) is 5.02 Å². The highest BCUT2D eigenvalue weighted by Gasteiger charge is 2.37. The Hall–Kier alpha value is -3.82. The van der Waals surface area contributed by atoms with Gasteiger partial charge < -0.3 is 14.2 Å². The van der Waals surface area contributed by atoms with E-state index in [-0.39, 0.29) is 17.2 Å². The van der Waals surface area contributed by atoms with E-state index in [9.17, 15) is 14.4 Å². The predicted octanol–water partition coefficient (Wildman–Crippen LogP) is 6.54. The molecule has 0 bridgehead atoms. The first kappa shape index (κ1) is 28.2. The molecular formula is C29H26BrClN2O6. The summed E-state index contributed by atoms with van der Waals surface area (Å²) < 4.78 is 18.2. The van der Waals surface area contributed by atoms with E-state index in [4.69, 9.17) is 25.8 Å². The molecule has 1 saturated heterocycles. The van der Waals surface area contributed by atoms with Gasteiger partial charge in [0.05, 0.1) is 23.9 Å². The number of amides is 4. The topological polar surface area (TPSA) is 94.2 Å². The van der Waals surface area contributed by atoms with Gasteiger partial charge in [-0.05, 0) is 67.4 Å². The van der Waals surface area contributed by atoms with Gasteiger partial charge in [0.2, 0.25) is 0 Å². The Bertz CT molecular complexity index is 1420. The summed E-state index contributed by atoms with van der Waals surface area (Å²) in [5.41, 5.74) is 1.40. The number of imide groups is 2. The number of rotatable bonds is 10. The largest absolute Gasteiger partial charge is 0.494 e. The Kier molecular flexibility index (Phi) is 9.27. The van der Waals surface area contributed by atoms with Crippen molar-refractivity contribution >= 4 is 57.1 Å². The van der Waals surface area contributed by atoms with Crippen molar-refractivity contribution in [1.82, 2.24) is 5.32 Å². The molecule has 4 amide bonds. The standard InChI is InChI=1S/C29H26BrClN2O6/c1-3-13-38-21-11-9-20(10-12-21)33-28(35)22(27(34)32-29(33)36)14-18-15-24(31)26(25(16-18)37-4-2)39-17-19-7-5-6-8-23(19)30/h5-12,14-16H,3-4,13,17H2,1-2H3,(H,32,34,36)/b22-14-. The fraction of sp³-hybridized carbons (Fsp3) is 0.207.